The van der Waals surface area contributed by atoms with E-state index >= 15 is 0 Å². The van der Waals surface area contributed by atoms with Crippen molar-refractivity contribution >= 4 is 11.6 Å². The van der Waals surface area contributed by atoms with Crippen LogP contribution in [-0.4, -0.2) is 41.4 Å². The highest BCUT2D eigenvalue weighted by atomic mass is 16.6. The van der Waals surface area contributed by atoms with Gasteiger partial charge in [0, 0.05) is 30.3 Å². The molecule has 1 aromatic heterocycles. The Labute approximate surface area is 183 Å². The smallest absolute Gasteiger partial charge is 0.269 e. The van der Waals surface area contributed by atoms with Gasteiger partial charge in [0.05, 0.1) is 24.8 Å². The number of carbonyl (C=O) groups excluding carboxylic acids is 1. The lowest BCUT2D eigenvalue weighted by Gasteiger charge is -2.11. The summed E-state index contributed by atoms with van der Waals surface area (Å²) < 4.78 is 11.5. The largest absolute Gasteiger partial charge is 0.493 e. The number of nitrogens with zero attached hydrogens (tertiary/aromatic N) is 3. The molecule has 0 aliphatic heterocycles. The van der Waals surface area contributed by atoms with Crippen LogP contribution in [0.1, 0.15) is 5.56 Å². The Balaban J connectivity index is 1.62. The summed E-state index contributed by atoms with van der Waals surface area (Å²) in [6.07, 6.45) is 0.567. The first kappa shape index (κ1) is 22.5. The fourth-order valence-corrected chi connectivity index (χ4v) is 3.04. The number of nitro benzene ring substituents is 1. The van der Waals surface area contributed by atoms with Gasteiger partial charge in [0.1, 0.15) is 6.54 Å². The fraction of sp³-hybridized carbons (Fsp3) is 0.227. The van der Waals surface area contributed by atoms with Crippen molar-refractivity contribution in [1.29, 1.82) is 0 Å². The number of aromatic nitrogens is 2. The molecule has 1 N–H and O–H groups in total. The van der Waals surface area contributed by atoms with Gasteiger partial charge >= 0.3 is 0 Å². The van der Waals surface area contributed by atoms with E-state index in [-0.39, 0.29) is 18.1 Å². The van der Waals surface area contributed by atoms with Gasteiger partial charge in [-0.2, -0.15) is 5.10 Å². The summed E-state index contributed by atoms with van der Waals surface area (Å²) in [6, 6.07) is 14.1. The number of hydrogen-bond acceptors (Lipinski definition) is 7. The van der Waals surface area contributed by atoms with Gasteiger partial charge in [-0.15, -0.1) is 0 Å². The Morgan fingerprint density at radius 1 is 1.06 bits per heavy atom. The van der Waals surface area contributed by atoms with Crippen molar-refractivity contribution in [3.8, 4) is 22.8 Å². The second-order valence-corrected chi connectivity index (χ2v) is 6.81. The minimum Gasteiger partial charge on any atom is -0.493 e. The van der Waals surface area contributed by atoms with Crippen LogP contribution in [0.2, 0.25) is 0 Å². The van der Waals surface area contributed by atoms with E-state index in [1.165, 1.54) is 24.3 Å². The van der Waals surface area contributed by atoms with Gasteiger partial charge in [-0.25, -0.2) is 4.68 Å². The number of methoxy groups -OCH3 is 2. The average molecular weight is 438 g/mol. The summed E-state index contributed by atoms with van der Waals surface area (Å²) in [5.41, 5.74) is 1.51. The van der Waals surface area contributed by atoms with Gasteiger partial charge in [-0.1, -0.05) is 6.07 Å². The summed E-state index contributed by atoms with van der Waals surface area (Å²) in [6.45, 7) is 0.122. The molecule has 3 rings (SSSR count). The molecule has 0 saturated carbocycles. The van der Waals surface area contributed by atoms with Crippen molar-refractivity contribution in [3.05, 3.63) is 80.6 Å². The molecule has 0 fully saturated rings. The van der Waals surface area contributed by atoms with Gasteiger partial charge in [-0.3, -0.25) is 19.7 Å². The summed E-state index contributed by atoms with van der Waals surface area (Å²) >= 11 is 0. The van der Waals surface area contributed by atoms with Crippen molar-refractivity contribution in [2.45, 2.75) is 13.0 Å². The molecule has 166 valence electrons. The minimum atomic E-state index is -0.496. The zero-order chi connectivity index (χ0) is 23.1. The van der Waals surface area contributed by atoms with Gasteiger partial charge in [-0.05, 0) is 42.3 Å². The number of amides is 1. The molecule has 10 heteroatoms. The highest BCUT2D eigenvalue weighted by Crippen LogP contribution is 2.27. The average Bonchev–Trinajstić information content (AvgIpc) is 2.80. The quantitative estimate of drug-likeness (QED) is 0.401. The third-order valence-corrected chi connectivity index (χ3v) is 4.72. The monoisotopic (exact) mass is 438 g/mol. The molecule has 10 nitrogen and oxygen atoms in total. The third kappa shape index (κ3) is 5.48. The van der Waals surface area contributed by atoms with E-state index in [1.807, 2.05) is 12.1 Å². The molecular weight excluding hydrogens is 416 g/mol. The normalized spacial score (nSPS) is 10.4. The molecule has 0 spiro atoms. The molecule has 0 saturated heterocycles. The number of nitrogens with one attached hydrogen (secondary N) is 1. The standard InChI is InChI=1S/C22H22N4O6/c1-31-19-9-3-15(13-20(19)32-2)11-12-23-21(27)14-25-22(28)10-8-18(24-25)16-4-6-17(7-5-16)26(29)30/h3-10,13H,11-12,14H2,1-2H3,(H,23,27). The highest BCUT2D eigenvalue weighted by molar-refractivity contribution is 5.75. The van der Waals surface area contributed by atoms with Crippen LogP contribution in [-0.2, 0) is 17.8 Å². The van der Waals surface area contributed by atoms with Crippen LogP contribution in [0.25, 0.3) is 11.3 Å². The molecule has 0 bridgehead atoms. The van der Waals surface area contributed by atoms with Crippen LogP contribution >= 0.6 is 0 Å². The molecule has 0 unspecified atom stereocenters. The van der Waals surface area contributed by atoms with E-state index in [0.29, 0.717) is 35.7 Å². The summed E-state index contributed by atoms with van der Waals surface area (Å²) in [5.74, 6) is 0.870. The Hall–Kier alpha value is -4.21. The van der Waals surface area contributed by atoms with Crippen LogP contribution in [0.5, 0.6) is 11.5 Å². The summed E-state index contributed by atoms with van der Waals surface area (Å²) in [5, 5.41) is 17.8. The van der Waals surface area contributed by atoms with E-state index in [2.05, 4.69) is 10.4 Å². The van der Waals surface area contributed by atoms with Crippen LogP contribution in [0, 0.1) is 10.1 Å². The second-order valence-electron chi connectivity index (χ2n) is 6.81. The van der Waals surface area contributed by atoms with Crippen LogP contribution in [0.3, 0.4) is 0 Å². The Kier molecular flexibility index (Phi) is 7.17. The van der Waals surface area contributed by atoms with Crippen LogP contribution in [0.15, 0.2) is 59.4 Å². The predicted octanol–water partition coefficient (Wildman–Crippen LogP) is 2.19. The topological polar surface area (TPSA) is 126 Å². The SMILES string of the molecule is COc1ccc(CCNC(=O)Cn2nc(-c3ccc([N+](=O)[O-])cc3)ccc2=O)cc1OC. The van der Waals surface area contributed by atoms with Crippen molar-refractivity contribution < 1.29 is 19.2 Å². The Bertz CT molecular complexity index is 1170. The van der Waals surface area contributed by atoms with Crippen LogP contribution < -0.4 is 20.3 Å². The molecule has 0 aliphatic rings. The summed E-state index contributed by atoms with van der Waals surface area (Å²) in [4.78, 5) is 34.7. The molecule has 0 aliphatic carbocycles. The van der Waals surface area contributed by atoms with Crippen molar-refractivity contribution in [1.82, 2.24) is 15.1 Å². The van der Waals surface area contributed by atoms with Gasteiger partial charge in [0.15, 0.2) is 11.5 Å². The maximum Gasteiger partial charge on any atom is 0.269 e. The number of ether oxygens (including phenoxy) is 2. The lowest BCUT2D eigenvalue weighted by Crippen LogP contribution is -2.34. The number of benzene rings is 2. The fourth-order valence-electron chi connectivity index (χ4n) is 3.04. The second kappa shape index (κ2) is 10.2. The molecule has 0 radical (unpaired) electrons. The zero-order valence-corrected chi connectivity index (χ0v) is 17.6. The maximum atomic E-state index is 12.3. The van der Waals surface area contributed by atoms with Gasteiger partial charge in [0.2, 0.25) is 5.91 Å². The number of nitro groups is 1. The molecule has 2 aromatic carbocycles. The molecule has 0 atom stereocenters. The third-order valence-electron chi connectivity index (χ3n) is 4.72. The van der Waals surface area contributed by atoms with E-state index in [4.69, 9.17) is 9.47 Å². The summed E-state index contributed by atoms with van der Waals surface area (Å²) in [7, 11) is 3.11. The molecule has 32 heavy (non-hydrogen) atoms. The molecule has 1 amide bonds. The Morgan fingerprint density at radius 2 is 1.78 bits per heavy atom. The lowest BCUT2D eigenvalue weighted by atomic mass is 10.1. The zero-order valence-electron chi connectivity index (χ0n) is 17.6. The number of carbonyl (C=O) groups is 1. The molecular formula is C22H22N4O6. The first-order valence-electron chi connectivity index (χ1n) is 9.72. The minimum absolute atomic E-state index is 0.0454. The first-order chi connectivity index (χ1) is 15.4. The number of hydrogen-bond donors (Lipinski definition) is 1. The van der Waals surface area contributed by atoms with Gasteiger partial charge < -0.3 is 14.8 Å². The van der Waals surface area contributed by atoms with Crippen LogP contribution in [0.4, 0.5) is 5.69 Å². The lowest BCUT2D eigenvalue weighted by molar-refractivity contribution is -0.384. The van der Waals surface area contributed by atoms with Crippen molar-refractivity contribution in [3.63, 3.8) is 0 Å². The Morgan fingerprint density at radius 3 is 2.44 bits per heavy atom. The predicted molar refractivity (Wildman–Crippen MR) is 117 cm³/mol. The number of rotatable bonds is 9. The van der Waals surface area contributed by atoms with Crippen molar-refractivity contribution in [2.24, 2.45) is 0 Å². The van der Waals surface area contributed by atoms with E-state index in [1.54, 1.807) is 32.4 Å². The molecule has 1 heterocycles. The molecule has 3 aromatic rings. The highest BCUT2D eigenvalue weighted by Gasteiger charge is 2.10. The van der Waals surface area contributed by atoms with E-state index in [9.17, 15) is 19.7 Å². The maximum absolute atomic E-state index is 12.3. The number of non-ortho nitro benzene ring substituents is 1. The van der Waals surface area contributed by atoms with E-state index < -0.39 is 10.5 Å². The van der Waals surface area contributed by atoms with Gasteiger partial charge in [0.25, 0.3) is 11.2 Å². The van der Waals surface area contributed by atoms with E-state index in [0.717, 1.165) is 10.2 Å². The first-order valence-corrected chi connectivity index (χ1v) is 9.72. The van der Waals surface area contributed by atoms with Crippen molar-refractivity contribution in [2.75, 3.05) is 20.8 Å².